The fourth-order valence-electron chi connectivity index (χ4n) is 5.46. The molecule has 11 heteroatoms. The van der Waals surface area contributed by atoms with Gasteiger partial charge in [0.1, 0.15) is 11.9 Å². The number of hydrogen-bond acceptors (Lipinski definition) is 5. The zero-order valence-electron chi connectivity index (χ0n) is 26.8. The van der Waals surface area contributed by atoms with E-state index in [-0.39, 0.29) is 44.4 Å². The first-order valence-electron chi connectivity index (χ1n) is 15.9. The smallest absolute Gasteiger partial charge is 0.258 e. The zero-order chi connectivity index (χ0) is 32.9. The Kier molecular flexibility index (Phi) is 16.7. The number of anilines is 1. The molecule has 5 rings (SSSR count). The van der Waals surface area contributed by atoms with E-state index >= 15 is 0 Å². The normalized spacial score (nSPS) is 23.5. The summed E-state index contributed by atoms with van der Waals surface area (Å²) in [6.07, 6.45) is 6.39. The van der Waals surface area contributed by atoms with E-state index in [0.29, 0.717) is 31.1 Å². The van der Waals surface area contributed by atoms with E-state index in [0.717, 1.165) is 19.0 Å². The number of carbonyl (C=O) groups is 4. The molecule has 9 nitrogen and oxygen atoms in total. The minimum absolute atomic E-state index is 0. The van der Waals surface area contributed by atoms with Crippen LogP contribution in [0.25, 0.3) is 0 Å². The molecule has 2 saturated carbocycles. The Hall–Kier alpha value is -3.55. The first-order valence-corrected chi connectivity index (χ1v) is 15.9. The van der Waals surface area contributed by atoms with Gasteiger partial charge in [0.05, 0.1) is 24.2 Å². The minimum atomic E-state index is -1.68. The number of likely N-dealkylation sites (tertiary alicyclic amines) is 2. The maximum atomic E-state index is 13.4. The SMILES string of the molecule is C.CC.CC(C)C.N#CC1CC(C(=O)Nc2ccccc2F)CN1C=O.O=C(CNC(=O)C1(F)CC1)N1CC2CCCCC2C1. The molecule has 2 heterocycles. The summed E-state index contributed by atoms with van der Waals surface area (Å²) in [5.41, 5.74) is -1.58. The van der Waals surface area contributed by atoms with E-state index in [1.165, 1.54) is 48.8 Å². The number of halogens is 2. The van der Waals surface area contributed by atoms with E-state index in [2.05, 4.69) is 31.4 Å². The molecule has 4 aliphatic rings. The molecule has 0 radical (unpaired) electrons. The highest BCUT2D eigenvalue weighted by Gasteiger charge is 2.51. The van der Waals surface area contributed by atoms with Crippen LogP contribution in [0.3, 0.4) is 0 Å². The van der Waals surface area contributed by atoms with Gasteiger partial charge >= 0.3 is 0 Å². The summed E-state index contributed by atoms with van der Waals surface area (Å²) in [4.78, 5) is 49.3. The molecule has 1 aromatic carbocycles. The summed E-state index contributed by atoms with van der Waals surface area (Å²) in [5, 5.41) is 13.8. The topological polar surface area (TPSA) is 123 Å². The lowest BCUT2D eigenvalue weighted by atomic mass is 9.82. The quantitative estimate of drug-likeness (QED) is 0.389. The predicted molar refractivity (Wildman–Crippen MR) is 172 cm³/mol. The second kappa shape index (κ2) is 19.1. The highest BCUT2D eigenvalue weighted by Crippen LogP contribution is 2.40. The van der Waals surface area contributed by atoms with E-state index < -0.39 is 29.4 Å². The third kappa shape index (κ3) is 12.0. The van der Waals surface area contributed by atoms with Gasteiger partial charge in [-0.05, 0) is 62.0 Å². The summed E-state index contributed by atoms with van der Waals surface area (Å²) < 4.78 is 26.8. The second-order valence-corrected chi connectivity index (χ2v) is 12.3. The maximum absolute atomic E-state index is 13.4. The van der Waals surface area contributed by atoms with Crippen molar-refractivity contribution >= 4 is 29.8 Å². The number of carbonyl (C=O) groups excluding carboxylic acids is 4. The Labute approximate surface area is 268 Å². The van der Waals surface area contributed by atoms with E-state index in [1.54, 1.807) is 6.07 Å². The van der Waals surface area contributed by atoms with Gasteiger partial charge in [0, 0.05) is 19.6 Å². The first-order chi connectivity index (χ1) is 21.0. The average Bonchev–Trinajstić information content (AvgIpc) is 3.43. The molecule has 45 heavy (non-hydrogen) atoms. The molecule has 2 saturated heterocycles. The third-order valence-corrected chi connectivity index (χ3v) is 7.95. The van der Waals surface area contributed by atoms with E-state index in [1.807, 2.05) is 24.8 Å². The molecule has 4 atom stereocenters. The fraction of sp³-hybridized carbons (Fsp3) is 0.676. The molecule has 0 spiro atoms. The summed E-state index contributed by atoms with van der Waals surface area (Å²) in [5.74, 6) is 0.0558. The molecule has 252 valence electrons. The lowest BCUT2D eigenvalue weighted by Gasteiger charge is -2.22. The van der Waals surface area contributed by atoms with Gasteiger partial charge in [-0.1, -0.05) is 67.0 Å². The van der Waals surface area contributed by atoms with Crippen LogP contribution in [0.5, 0.6) is 0 Å². The number of fused-ring (bicyclic) bond motifs is 1. The van der Waals surface area contributed by atoms with Crippen LogP contribution in [0.4, 0.5) is 14.5 Å². The second-order valence-electron chi connectivity index (χ2n) is 12.3. The Balaban J connectivity index is 0.000000377. The van der Waals surface area contributed by atoms with Crippen LogP contribution >= 0.6 is 0 Å². The molecule has 0 aromatic heterocycles. The summed E-state index contributed by atoms with van der Waals surface area (Å²) in [6, 6.07) is 7.23. The van der Waals surface area contributed by atoms with E-state index in [4.69, 9.17) is 5.26 Å². The van der Waals surface area contributed by atoms with Gasteiger partial charge in [0.2, 0.25) is 18.2 Å². The van der Waals surface area contributed by atoms with Crippen LogP contribution in [-0.4, -0.2) is 71.8 Å². The Bertz CT molecular complexity index is 1140. The van der Waals surface area contributed by atoms with Crippen molar-refractivity contribution in [1.29, 1.82) is 5.26 Å². The maximum Gasteiger partial charge on any atom is 0.258 e. The van der Waals surface area contributed by atoms with Crippen molar-refractivity contribution < 1.29 is 28.0 Å². The number of amides is 4. The monoisotopic (exact) mass is 633 g/mol. The van der Waals surface area contributed by atoms with Gasteiger partial charge in [-0.2, -0.15) is 5.26 Å². The summed E-state index contributed by atoms with van der Waals surface area (Å²) >= 11 is 0. The van der Waals surface area contributed by atoms with Crippen LogP contribution in [0.1, 0.15) is 87.0 Å². The highest BCUT2D eigenvalue weighted by molar-refractivity contribution is 5.93. The van der Waals surface area contributed by atoms with Crippen molar-refractivity contribution in [1.82, 2.24) is 15.1 Å². The molecule has 2 aliphatic heterocycles. The number of para-hydroxylation sites is 1. The molecule has 1 aromatic rings. The Morgan fingerprint density at radius 3 is 2.09 bits per heavy atom. The van der Waals surface area contributed by atoms with Crippen molar-refractivity contribution in [2.45, 2.75) is 98.7 Å². The summed E-state index contributed by atoms with van der Waals surface area (Å²) in [6.45, 7) is 12.3. The molecule has 0 bridgehead atoms. The highest BCUT2D eigenvalue weighted by atomic mass is 19.1. The number of nitrogens with one attached hydrogen (secondary N) is 2. The fourth-order valence-corrected chi connectivity index (χ4v) is 5.46. The predicted octanol–water partition coefficient (Wildman–Crippen LogP) is 5.71. The van der Waals surface area contributed by atoms with Crippen LogP contribution in [-0.2, 0) is 19.2 Å². The van der Waals surface area contributed by atoms with Gasteiger partial charge in [0.25, 0.3) is 5.91 Å². The van der Waals surface area contributed by atoms with Crippen LogP contribution in [0, 0.1) is 40.8 Å². The van der Waals surface area contributed by atoms with Crippen molar-refractivity contribution in [2.75, 3.05) is 31.5 Å². The van der Waals surface area contributed by atoms with Gasteiger partial charge in [-0.15, -0.1) is 0 Å². The lowest BCUT2D eigenvalue weighted by molar-refractivity contribution is -0.134. The van der Waals surface area contributed by atoms with Crippen LogP contribution < -0.4 is 10.6 Å². The number of rotatable bonds is 6. The van der Waals surface area contributed by atoms with Crippen molar-refractivity contribution in [3.05, 3.63) is 30.1 Å². The molecular formula is C34H53F2N5O4. The number of nitriles is 1. The number of hydrogen-bond donors (Lipinski definition) is 2. The molecule has 4 unspecified atom stereocenters. The minimum Gasteiger partial charge on any atom is -0.344 e. The van der Waals surface area contributed by atoms with Crippen molar-refractivity contribution in [3.63, 3.8) is 0 Å². The molecule has 4 amide bonds. The molecule has 2 aliphatic carbocycles. The number of alkyl halides is 1. The first kappa shape index (κ1) is 39.5. The third-order valence-electron chi connectivity index (χ3n) is 7.95. The van der Waals surface area contributed by atoms with Crippen molar-refractivity contribution in [2.24, 2.45) is 23.7 Å². The number of nitrogens with zero attached hydrogens (tertiary/aromatic N) is 3. The molecular weight excluding hydrogens is 580 g/mol. The molecule has 2 N–H and O–H groups in total. The van der Waals surface area contributed by atoms with Gasteiger partial charge in [-0.25, -0.2) is 8.78 Å². The largest absolute Gasteiger partial charge is 0.344 e. The standard InChI is InChI=1S/C14H21FN2O2.C13H12FN3O2.C4H10.C2H6.CH4/c15-14(5-6-14)13(19)16-7-12(18)17-8-10-3-1-2-4-11(10)9-17;14-11-3-1-2-4-12(11)16-13(19)9-5-10(6-15)17(7-9)8-18;1-4(2)3;1-2;/h10-11H,1-9H2,(H,16,19);1-4,8-10H,5,7H2,(H,16,19);4H,1-3H3;1-2H3;1H4. The van der Waals surface area contributed by atoms with Gasteiger partial charge in [-0.3, -0.25) is 19.2 Å². The van der Waals surface area contributed by atoms with Gasteiger partial charge < -0.3 is 20.4 Å². The van der Waals surface area contributed by atoms with Crippen LogP contribution in [0.2, 0.25) is 0 Å². The Morgan fingerprint density at radius 2 is 1.62 bits per heavy atom. The molecule has 4 fully saturated rings. The zero-order valence-corrected chi connectivity index (χ0v) is 26.8. The average molecular weight is 634 g/mol. The Morgan fingerprint density at radius 1 is 1.07 bits per heavy atom. The summed E-state index contributed by atoms with van der Waals surface area (Å²) in [7, 11) is 0. The van der Waals surface area contributed by atoms with E-state index in [9.17, 15) is 28.0 Å². The number of benzene rings is 1. The lowest BCUT2D eigenvalue weighted by Crippen LogP contribution is -2.42. The van der Waals surface area contributed by atoms with Crippen LogP contribution in [0.15, 0.2) is 24.3 Å². The van der Waals surface area contributed by atoms with Crippen molar-refractivity contribution in [3.8, 4) is 6.07 Å². The van der Waals surface area contributed by atoms with Gasteiger partial charge in [0.15, 0.2) is 5.67 Å².